The molecule has 0 aliphatic carbocycles. The molecule has 0 radical (unpaired) electrons. The zero-order valence-electron chi connectivity index (χ0n) is 12.4. The highest BCUT2D eigenvalue weighted by Crippen LogP contribution is 2.34. The Morgan fingerprint density at radius 2 is 2.14 bits per heavy atom. The van der Waals surface area contributed by atoms with Gasteiger partial charge in [0.2, 0.25) is 0 Å². The van der Waals surface area contributed by atoms with Crippen molar-refractivity contribution in [3.8, 4) is 11.9 Å². The van der Waals surface area contributed by atoms with Crippen LogP contribution < -0.4 is 15.0 Å². The number of methoxy groups -OCH3 is 1. The zero-order chi connectivity index (χ0) is 15.1. The third-order valence-corrected chi connectivity index (χ3v) is 4.03. The second-order valence-corrected chi connectivity index (χ2v) is 5.56. The maximum Gasteiger partial charge on any atom is 0.183 e. The number of rotatable bonds is 3. The average Bonchev–Trinajstić information content (AvgIpc) is 2.55. The van der Waals surface area contributed by atoms with E-state index >= 15 is 0 Å². The van der Waals surface area contributed by atoms with Crippen molar-refractivity contribution in [2.24, 2.45) is 4.99 Å². The van der Waals surface area contributed by atoms with Crippen molar-refractivity contribution in [3.63, 3.8) is 0 Å². The molecule has 0 aromatic heterocycles. The molecule has 1 aliphatic rings. The molecule has 0 amide bonds. The van der Waals surface area contributed by atoms with Crippen LogP contribution in [-0.2, 0) is 0 Å². The van der Waals surface area contributed by atoms with Crippen molar-refractivity contribution >= 4 is 28.3 Å². The van der Waals surface area contributed by atoms with Crippen LogP contribution in [0.5, 0.6) is 5.75 Å². The van der Waals surface area contributed by atoms with Crippen LogP contribution in [0.1, 0.15) is 19.3 Å². The van der Waals surface area contributed by atoms with Gasteiger partial charge in [0, 0.05) is 19.2 Å². The van der Waals surface area contributed by atoms with Gasteiger partial charge in [0.1, 0.15) is 5.75 Å². The third-order valence-electron chi connectivity index (χ3n) is 3.45. The lowest BCUT2D eigenvalue weighted by Gasteiger charge is -2.30. The Morgan fingerprint density at radius 3 is 2.76 bits per heavy atom. The molecule has 0 spiro atoms. The number of hydrogen-bond donors (Lipinski definition) is 1. The second-order valence-electron chi connectivity index (χ2n) is 4.76. The minimum Gasteiger partial charge on any atom is -0.495 e. The number of nitrogens with one attached hydrogen (secondary N) is 1. The summed E-state index contributed by atoms with van der Waals surface area (Å²) in [6, 6.07) is 5.92. The van der Waals surface area contributed by atoms with E-state index in [4.69, 9.17) is 10.00 Å². The highest BCUT2D eigenvalue weighted by atomic mass is 32.2. The van der Waals surface area contributed by atoms with Crippen LogP contribution in [0.4, 0.5) is 11.4 Å². The van der Waals surface area contributed by atoms with Gasteiger partial charge in [0.25, 0.3) is 0 Å². The van der Waals surface area contributed by atoms with Crippen LogP contribution in [0.25, 0.3) is 0 Å². The van der Waals surface area contributed by atoms with Crippen molar-refractivity contribution in [1.82, 2.24) is 5.32 Å². The normalized spacial score (nSPS) is 15.5. The molecule has 0 bridgehead atoms. The topological polar surface area (TPSA) is 60.6 Å². The first kappa shape index (κ1) is 15.5. The number of aliphatic imine (C=N–C) groups is 1. The van der Waals surface area contributed by atoms with Gasteiger partial charge in [-0.05, 0) is 37.7 Å². The Morgan fingerprint density at radius 1 is 1.38 bits per heavy atom. The predicted molar refractivity (Wildman–Crippen MR) is 88.4 cm³/mol. The molecule has 1 heterocycles. The van der Waals surface area contributed by atoms with Crippen LogP contribution >= 0.6 is 11.8 Å². The van der Waals surface area contributed by atoms with Gasteiger partial charge in [-0.2, -0.15) is 5.26 Å². The van der Waals surface area contributed by atoms with E-state index < -0.39 is 0 Å². The number of nitrogens with zero attached hydrogens (tertiary/aromatic N) is 3. The van der Waals surface area contributed by atoms with Gasteiger partial charge >= 0.3 is 0 Å². The SMILES string of the molecule is COc1cc(N=C(NC#N)SC)ccc1N1CCCCC1. The number of ether oxygens (including phenoxy) is 1. The van der Waals surface area contributed by atoms with Gasteiger partial charge < -0.3 is 9.64 Å². The lowest BCUT2D eigenvalue weighted by molar-refractivity contribution is 0.413. The molecule has 21 heavy (non-hydrogen) atoms. The summed E-state index contributed by atoms with van der Waals surface area (Å²) in [4.78, 5) is 6.77. The van der Waals surface area contributed by atoms with Crippen molar-refractivity contribution in [1.29, 1.82) is 5.26 Å². The predicted octanol–water partition coefficient (Wildman–Crippen LogP) is 3.11. The van der Waals surface area contributed by atoms with Crippen LogP contribution in [-0.4, -0.2) is 31.6 Å². The molecule has 0 saturated carbocycles. The van der Waals surface area contributed by atoms with Crippen molar-refractivity contribution in [2.45, 2.75) is 19.3 Å². The maximum atomic E-state index is 8.67. The minimum absolute atomic E-state index is 0.574. The summed E-state index contributed by atoms with van der Waals surface area (Å²) in [7, 11) is 1.68. The number of anilines is 1. The van der Waals surface area contributed by atoms with E-state index in [1.54, 1.807) is 7.11 Å². The molecule has 0 atom stereocenters. The molecule has 1 aliphatic heterocycles. The van der Waals surface area contributed by atoms with Crippen molar-refractivity contribution < 1.29 is 4.74 Å². The number of benzene rings is 1. The van der Waals surface area contributed by atoms with Crippen LogP contribution in [0.3, 0.4) is 0 Å². The Balaban J connectivity index is 2.25. The maximum absolute atomic E-state index is 8.67. The first-order valence-electron chi connectivity index (χ1n) is 6.99. The molecule has 1 saturated heterocycles. The van der Waals surface area contributed by atoms with E-state index in [1.165, 1.54) is 31.0 Å². The fraction of sp³-hybridized carbons (Fsp3) is 0.467. The molecule has 1 N–H and O–H groups in total. The van der Waals surface area contributed by atoms with Crippen LogP contribution in [0, 0.1) is 11.5 Å². The minimum atomic E-state index is 0.574. The summed E-state index contributed by atoms with van der Waals surface area (Å²) in [5.41, 5.74) is 1.90. The Kier molecular flexibility index (Phi) is 5.76. The summed E-state index contributed by atoms with van der Waals surface area (Å²) in [5.74, 6) is 0.829. The number of hydrogen-bond acceptors (Lipinski definition) is 5. The lowest BCUT2D eigenvalue weighted by atomic mass is 10.1. The smallest absolute Gasteiger partial charge is 0.183 e. The lowest BCUT2D eigenvalue weighted by Crippen LogP contribution is -2.29. The fourth-order valence-corrected chi connectivity index (χ4v) is 2.77. The standard InChI is InChI=1S/C15H20N4OS/c1-20-14-10-12(18-15(21-2)17-11-16)6-7-13(14)19-8-4-3-5-9-19/h6-7,10H,3-5,8-9H2,1-2H3,(H,17,18). The average molecular weight is 304 g/mol. The van der Waals surface area contributed by atoms with Crippen LogP contribution in [0.15, 0.2) is 23.2 Å². The first-order chi connectivity index (χ1) is 10.3. The molecule has 6 heteroatoms. The Labute approximate surface area is 130 Å². The van der Waals surface area contributed by atoms with Crippen molar-refractivity contribution in [3.05, 3.63) is 18.2 Å². The summed E-state index contributed by atoms with van der Waals surface area (Å²) < 4.78 is 5.51. The summed E-state index contributed by atoms with van der Waals surface area (Å²) in [6.45, 7) is 2.15. The highest BCUT2D eigenvalue weighted by Gasteiger charge is 2.15. The molecule has 1 aromatic carbocycles. The van der Waals surface area contributed by atoms with Gasteiger partial charge in [-0.3, -0.25) is 5.32 Å². The van der Waals surface area contributed by atoms with E-state index in [9.17, 15) is 0 Å². The quantitative estimate of drug-likeness (QED) is 0.402. The molecule has 1 aromatic rings. The first-order valence-corrected chi connectivity index (χ1v) is 8.21. The summed E-state index contributed by atoms with van der Waals surface area (Å²) >= 11 is 1.40. The molecule has 2 rings (SSSR count). The van der Waals surface area contributed by atoms with Gasteiger partial charge in [0.05, 0.1) is 18.5 Å². The molecule has 0 unspecified atom stereocenters. The summed E-state index contributed by atoms with van der Waals surface area (Å²) in [5, 5.41) is 11.8. The number of piperidine rings is 1. The van der Waals surface area contributed by atoms with E-state index in [1.807, 2.05) is 30.6 Å². The fourth-order valence-electron chi connectivity index (χ4n) is 2.42. The largest absolute Gasteiger partial charge is 0.495 e. The van der Waals surface area contributed by atoms with E-state index in [-0.39, 0.29) is 0 Å². The summed E-state index contributed by atoms with van der Waals surface area (Å²) in [6.07, 6.45) is 7.53. The highest BCUT2D eigenvalue weighted by molar-refractivity contribution is 8.13. The van der Waals surface area contributed by atoms with Gasteiger partial charge in [-0.1, -0.05) is 11.8 Å². The number of amidine groups is 1. The molecular weight excluding hydrogens is 284 g/mol. The van der Waals surface area contributed by atoms with Crippen LogP contribution in [0.2, 0.25) is 0 Å². The Hall–Kier alpha value is -1.87. The van der Waals surface area contributed by atoms with E-state index in [2.05, 4.69) is 15.2 Å². The molecule has 112 valence electrons. The zero-order valence-corrected chi connectivity index (χ0v) is 13.2. The van der Waals surface area contributed by atoms with Gasteiger partial charge in [0.15, 0.2) is 11.4 Å². The monoisotopic (exact) mass is 304 g/mol. The van der Waals surface area contributed by atoms with Gasteiger partial charge in [-0.25, -0.2) is 4.99 Å². The molecular formula is C15H20N4OS. The van der Waals surface area contributed by atoms with E-state index in [0.717, 1.165) is 30.2 Å². The molecule has 1 fully saturated rings. The number of nitriles is 1. The van der Waals surface area contributed by atoms with Crippen molar-refractivity contribution in [2.75, 3.05) is 31.4 Å². The molecule has 5 nitrogen and oxygen atoms in total. The third kappa shape index (κ3) is 4.05. The second kappa shape index (κ2) is 7.79. The number of thioether (sulfide) groups is 1. The Bertz CT molecular complexity index is 547. The van der Waals surface area contributed by atoms with Gasteiger partial charge in [-0.15, -0.1) is 0 Å². The van der Waals surface area contributed by atoms with E-state index in [0.29, 0.717) is 5.17 Å².